The van der Waals surface area contributed by atoms with Gasteiger partial charge in [0.25, 0.3) is 5.91 Å². The summed E-state index contributed by atoms with van der Waals surface area (Å²) in [7, 11) is 0. The Labute approximate surface area is 120 Å². The Balaban J connectivity index is 1.85. The van der Waals surface area contributed by atoms with Crippen molar-refractivity contribution in [2.24, 2.45) is 0 Å². The van der Waals surface area contributed by atoms with E-state index in [9.17, 15) is 14.0 Å². The lowest BCUT2D eigenvalue weighted by Gasteiger charge is -2.09. The average molecular weight is 285 g/mol. The molecule has 106 valence electrons. The van der Waals surface area contributed by atoms with Crippen LogP contribution in [0.2, 0.25) is 0 Å². The Morgan fingerprint density at radius 3 is 2.86 bits per heavy atom. The summed E-state index contributed by atoms with van der Waals surface area (Å²) in [6.45, 7) is 0. The fourth-order valence-corrected chi connectivity index (χ4v) is 2.20. The van der Waals surface area contributed by atoms with Gasteiger partial charge in [0.15, 0.2) is 0 Å². The molecule has 3 rings (SSSR count). The summed E-state index contributed by atoms with van der Waals surface area (Å²) < 4.78 is 13.2. The molecule has 21 heavy (non-hydrogen) atoms. The summed E-state index contributed by atoms with van der Waals surface area (Å²) in [4.78, 5) is 23.4. The van der Waals surface area contributed by atoms with E-state index in [4.69, 9.17) is 5.73 Å². The van der Waals surface area contributed by atoms with Crippen molar-refractivity contribution in [3.8, 4) is 0 Å². The lowest BCUT2D eigenvalue weighted by molar-refractivity contribution is -0.115. The number of anilines is 3. The number of carbonyl (C=O) groups is 2. The predicted octanol–water partition coefficient (Wildman–Crippen LogP) is 2.15. The van der Waals surface area contributed by atoms with E-state index in [1.54, 1.807) is 18.2 Å². The fraction of sp³-hybridized carbons (Fsp3) is 0.0667. The second kappa shape index (κ2) is 4.90. The Bertz CT molecular complexity index is 759. The van der Waals surface area contributed by atoms with Gasteiger partial charge in [0.05, 0.1) is 17.8 Å². The zero-order valence-electron chi connectivity index (χ0n) is 10.9. The number of nitrogen functional groups attached to an aromatic ring is 1. The number of hydrogen-bond donors (Lipinski definition) is 3. The molecule has 0 spiro atoms. The number of hydrogen-bond acceptors (Lipinski definition) is 3. The van der Waals surface area contributed by atoms with Crippen LogP contribution in [0.15, 0.2) is 36.4 Å². The first-order valence-corrected chi connectivity index (χ1v) is 6.32. The molecule has 0 aliphatic carbocycles. The minimum Gasteiger partial charge on any atom is -0.397 e. The molecule has 2 aromatic carbocycles. The van der Waals surface area contributed by atoms with E-state index in [0.717, 1.165) is 11.6 Å². The summed E-state index contributed by atoms with van der Waals surface area (Å²) in [5, 5.41) is 5.25. The Hall–Kier alpha value is -2.89. The highest BCUT2D eigenvalue weighted by molar-refractivity contribution is 6.07. The van der Waals surface area contributed by atoms with Crippen molar-refractivity contribution in [1.82, 2.24) is 0 Å². The standard InChI is InChI=1S/C15H12FN3O2/c16-10-2-3-11(17)13(7-10)19-15(21)8-1-4-12-9(5-8)6-14(20)18-12/h1-5,7H,6,17H2,(H,18,20)(H,19,21). The summed E-state index contributed by atoms with van der Waals surface area (Å²) >= 11 is 0. The molecule has 0 unspecified atom stereocenters. The molecule has 0 fully saturated rings. The number of fused-ring (bicyclic) bond motifs is 1. The third kappa shape index (κ3) is 2.55. The van der Waals surface area contributed by atoms with Crippen LogP contribution in [0, 0.1) is 5.82 Å². The molecule has 0 bridgehead atoms. The second-order valence-electron chi connectivity index (χ2n) is 4.78. The van der Waals surface area contributed by atoms with Crippen molar-refractivity contribution in [2.75, 3.05) is 16.4 Å². The molecule has 1 heterocycles. The highest BCUT2D eigenvalue weighted by Gasteiger charge is 2.19. The van der Waals surface area contributed by atoms with Gasteiger partial charge in [0.1, 0.15) is 5.82 Å². The SMILES string of the molecule is Nc1ccc(F)cc1NC(=O)c1ccc2c(c1)CC(=O)N2. The molecule has 0 saturated heterocycles. The zero-order valence-corrected chi connectivity index (χ0v) is 10.9. The smallest absolute Gasteiger partial charge is 0.255 e. The lowest BCUT2D eigenvalue weighted by Crippen LogP contribution is -2.13. The van der Waals surface area contributed by atoms with E-state index in [-0.39, 0.29) is 23.7 Å². The van der Waals surface area contributed by atoms with Crippen LogP contribution in [-0.2, 0) is 11.2 Å². The first kappa shape index (κ1) is 13.1. The molecule has 0 radical (unpaired) electrons. The lowest BCUT2D eigenvalue weighted by atomic mass is 10.1. The summed E-state index contributed by atoms with van der Waals surface area (Å²) in [5.41, 5.74) is 8.04. The molecule has 2 aromatic rings. The molecular formula is C15H12FN3O2. The maximum Gasteiger partial charge on any atom is 0.255 e. The van der Waals surface area contributed by atoms with Gasteiger partial charge in [-0.2, -0.15) is 0 Å². The van der Waals surface area contributed by atoms with Gasteiger partial charge in [-0.3, -0.25) is 9.59 Å². The molecule has 0 aromatic heterocycles. The molecule has 5 nitrogen and oxygen atoms in total. The zero-order chi connectivity index (χ0) is 15.0. The number of carbonyl (C=O) groups excluding carboxylic acids is 2. The van der Waals surface area contributed by atoms with Gasteiger partial charge >= 0.3 is 0 Å². The molecule has 4 N–H and O–H groups in total. The van der Waals surface area contributed by atoms with E-state index >= 15 is 0 Å². The van der Waals surface area contributed by atoms with Gasteiger partial charge in [-0.25, -0.2) is 4.39 Å². The molecule has 6 heteroatoms. The maximum atomic E-state index is 13.2. The van der Waals surface area contributed by atoms with Gasteiger partial charge in [0, 0.05) is 11.3 Å². The molecule has 2 amide bonds. The van der Waals surface area contributed by atoms with Crippen LogP contribution in [0.25, 0.3) is 0 Å². The van der Waals surface area contributed by atoms with E-state index in [1.807, 2.05) is 0 Å². The Morgan fingerprint density at radius 2 is 2.05 bits per heavy atom. The van der Waals surface area contributed by atoms with Crippen LogP contribution in [0.3, 0.4) is 0 Å². The van der Waals surface area contributed by atoms with Crippen molar-refractivity contribution in [1.29, 1.82) is 0 Å². The van der Waals surface area contributed by atoms with Crippen LogP contribution < -0.4 is 16.4 Å². The van der Waals surface area contributed by atoms with Crippen LogP contribution in [-0.4, -0.2) is 11.8 Å². The van der Waals surface area contributed by atoms with Gasteiger partial charge in [-0.05, 0) is 42.0 Å². The first-order valence-electron chi connectivity index (χ1n) is 6.32. The molecule has 0 atom stereocenters. The number of halogens is 1. The second-order valence-corrected chi connectivity index (χ2v) is 4.78. The quantitative estimate of drug-likeness (QED) is 0.739. The van der Waals surface area contributed by atoms with Crippen LogP contribution >= 0.6 is 0 Å². The number of nitrogens with one attached hydrogen (secondary N) is 2. The van der Waals surface area contributed by atoms with E-state index in [1.165, 1.54) is 12.1 Å². The van der Waals surface area contributed by atoms with Crippen molar-refractivity contribution in [2.45, 2.75) is 6.42 Å². The van der Waals surface area contributed by atoms with Crippen molar-refractivity contribution < 1.29 is 14.0 Å². The normalized spacial score (nSPS) is 12.7. The molecule has 0 saturated carbocycles. The topological polar surface area (TPSA) is 84.2 Å². The van der Waals surface area contributed by atoms with Crippen molar-refractivity contribution in [3.63, 3.8) is 0 Å². The predicted molar refractivity (Wildman–Crippen MR) is 77.5 cm³/mol. The van der Waals surface area contributed by atoms with Gasteiger partial charge in [-0.15, -0.1) is 0 Å². The third-order valence-electron chi connectivity index (χ3n) is 3.26. The van der Waals surface area contributed by atoms with Crippen molar-refractivity contribution >= 4 is 28.9 Å². The van der Waals surface area contributed by atoms with Crippen LogP contribution in [0.5, 0.6) is 0 Å². The maximum absolute atomic E-state index is 13.2. The summed E-state index contributed by atoms with van der Waals surface area (Å²) in [5.74, 6) is -0.991. The van der Waals surface area contributed by atoms with Crippen molar-refractivity contribution in [3.05, 3.63) is 53.3 Å². The molecule has 1 aliphatic heterocycles. The minimum absolute atomic E-state index is 0.100. The Kier molecular flexibility index (Phi) is 3.06. The Morgan fingerprint density at radius 1 is 1.24 bits per heavy atom. The number of rotatable bonds is 2. The minimum atomic E-state index is -0.483. The third-order valence-corrected chi connectivity index (χ3v) is 3.26. The summed E-state index contributed by atoms with van der Waals surface area (Å²) in [6.07, 6.45) is 0.249. The van der Waals surface area contributed by atoms with E-state index in [2.05, 4.69) is 10.6 Å². The first-order chi connectivity index (χ1) is 10.0. The largest absolute Gasteiger partial charge is 0.397 e. The number of amides is 2. The number of benzene rings is 2. The average Bonchev–Trinajstić information content (AvgIpc) is 2.81. The van der Waals surface area contributed by atoms with Gasteiger partial charge in [0.2, 0.25) is 5.91 Å². The highest BCUT2D eigenvalue weighted by atomic mass is 19.1. The highest BCUT2D eigenvalue weighted by Crippen LogP contribution is 2.25. The number of nitrogens with two attached hydrogens (primary N) is 1. The van der Waals surface area contributed by atoms with Crippen LogP contribution in [0.4, 0.5) is 21.5 Å². The summed E-state index contributed by atoms with van der Waals surface area (Å²) in [6, 6.07) is 8.66. The van der Waals surface area contributed by atoms with E-state index in [0.29, 0.717) is 11.3 Å². The van der Waals surface area contributed by atoms with Gasteiger partial charge in [-0.1, -0.05) is 0 Å². The van der Waals surface area contributed by atoms with Crippen LogP contribution in [0.1, 0.15) is 15.9 Å². The fourth-order valence-electron chi connectivity index (χ4n) is 2.20. The molecule has 1 aliphatic rings. The van der Waals surface area contributed by atoms with E-state index < -0.39 is 11.7 Å². The molecular weight excluding hydrogens is 273 g/mol. The van der Waals surface area contributed by atoms with Gasteiger partial charge < -0.3 is 16.4 Å². The monoisotopic (exact) mass is 285 g/mol.